The Hall–Kier alpha value is -1.35. The molecule has 3 fully saturated rings. The van der Waals surface area contributed by atoms with Crippen LogP contribution in [0.4, 0.5) is 0 Å². The Morgan fingerprint density at radius 1 is 1.35 bits per heavy atom. The first-order valence-electron chi connectivity index (χ1n) is 7.83. The van der Waals surface area contributed by atoms with E-state index in [-0.39, 0.29) is 11.7 Å². The molecule has 0 aromatic heterocycles. The molecule has 0 bridgehead atoms. The fraction of sp³-hybridized carbons (Fsp3) is 0.588. The first-order chi connectivity index (χ1) is 9.68. The average Bonchev–Trinajstić information content (AvgIpc) is 3.32. The molecule has 1 spiro atoms. The zero-order valence-corrected chi connectivity index (χ0v) is 12.1. The summed E-state index contributed by atoms with van der Waals surface area (Å²) in [5.74, 6) is 1.21. The summed E-state index contributed by atoms with van der Waals surface area (Å²) in [4.78, 5) is 14.8. The highest BCUT2D eigenvalue weighted by Gasteiger charge is 2.59. The van der Waals surface area contributed by atoms with Gasteiger partial charge in [0.25, 0.3) is 0 Å². The van der Waals surface area contributed by atoms with E-state index in [0.29, 0.717) is 5.91 Å². The number of hydrogen-bond donors (Lipinski definition) is 1. The Bertz CT molecular complexity index is 546. The van der Waals surface area contributed by atoms with E-state index in [1.807, 2.05) is 0 Å². The van der Waals surface area contributed by atoms with E-state index in [1.54, 1.807) is 0 Å². The lowest BCUT2D eigenvalue weighted by Gasteiger charge is -2.24. The number of amides is 1. The molecule has 1 aromatic rings. The summed E-state index contributed by atoms with van der Waals surface area (Å²) < 4.78 is 0. The minimum absolute atomic E-state index is 0.0867. The lowest BCUT2D eigenvalue weighted by Crippen LogP contribution is -2.33. The van der Waals surface area contributed by atoms with E-state index >= 15 is 0 Å². The summed E-state index contributed by atoms with van der Waals surface area (Å²) in [6, 6.07) is 8.55. The highest BCUT2D eigenvalue weighted by molar-refractivity contribution is 5.92. The second-order valence-electron chi connectivity index (χ2n) is 6.77. The maximum Gasteiger partial charge on any atom is 0.244 e. The molecule has 106 valence electrons. The summed E-state index contributed by atoms with van der Waals surface area (Å²) in [7, 11) is 0. The van der Waals surface area contributed by atoms with Gasteiger partial charge in [0, 0.05) is 6.54 Å². The molecule has 2 saturated carbocycles. The first kappa shape index (κ1) is 12.4. The van der Waals surface area contributed by atoms with Crippen LogP contribution >= 0.6 is 0 Å². The Kier molecular flexibility index (Phi) is 2.68. The summed E-state index contributed by atoms with van der Waals surface area (Å²) in [6.45, 7) is 3.03. The van der Waals surface area contributed by atoms with Crippen LogP contribution in [0.2, 0.25) is 0 Å². The molecule has 3 heteroatoms. The van der Waals surface area contributed by atoms with Crippen molar-refractivity contribution in [1.82, 2.24) is 10.2 Å². The number of carbonyl (C=O) groups excluding carboxylic acids is 1. The average molecular weight is 270 g/mol. The van der Waals surface area contributed by atoms with Gasteiger partial charge in [-0.15, -0.1) is 0 Å². The highest BCUT2D eigenvalue weighted by Crippen LogP contribution is 2.46. The van der Waals surface area contributed by atoms with Gasteiger partial charge in [-0.2, -0.15) is 0 Å². The van der Waals surface area contributed by atoms with Crippen LogP contribution in [-0.4, -0.2) is 22.9 Å². The third-order valence-electron chi connectivity index (χ3n) is 4.98. The van der Waals surface area contributed by atoms with Gasteiger partial charge in [0.05, 0.1) is 0 Å². The van der Waals surface area contributed by atoms with E-state index in [0.717, 1.165) is 25.3 Å². The predicted molar refractivity (Wildman–Crippen MR) is 78.1 cm³/mol. The van der Waals surface area contributed by atoms with Gasteiger partial charge >= 0.3 is 0 Å². The molecular formula is C17H22N2O. The Morgan fingerprint density at radius 2 is 2.15 bits per heavy atom. The van der Waals surface area contributed by atoms with Crippen molar-refractivity contribution in [1.29, 1.82) is 0 Å². The van der Waals surface area contributed by atoms with Crippen LogP contribution in [0.3, 0.4) is 0 Å². The molecule has 20 heavy (non-hydrogen) atoms. The molecule has 0 radical (unpaired) electrons. The topological polar surface area (TPSA) is 32.3 Å². The van der Waals surface area contributed by atoms with Gasteiger partial charge in [-0.3, -0.25) is 10.1 Å². The normalized spacial score (nSPS) is 27.4. The number of nitrogens with zero attached hydrogens (tertiary/aromatic N) is 1. The van der Waals surface area contributed by atoms with Crippen molar-refractivity contribution >= 4 is 5.91 Å². The Balaban J connectivity index is 1.59. The molecule has 1 heterocycles. The predicted octanol–water partition coefficient (Wildman–Crippen LogP) is 2.76. The number of aryl methyl sites for hydroxylation is 1. The second-order valence-corrected chi connectivity index (χ2v) is 6.77. The molecule has 3 nitrogen and oxygen atoms in total. The number of rotatable bonds is 4. The van der Waals surface area contributed by atoms with E-state index < -0.39 is 0 Å². The van der Waals surface area contributed by atoms with Crippen molar-refractivity contribution in [2.45, 2.75) is 50.7 Å². The van der Waals surface area contributed by atoms with Crippen molar-refractivity contribution < 1.29 is 4.79 Å². The SMILES string of the molecule is Cc1cccc(C2NC3(CC3)C(=O)N2CCC2CC2)c1. The number of hydrogen-bond acceptors (Lipinski definition) is 2. The third-order valence-corrected chi connectivity index (χ3v) is 4.98. The van der Waals surface area contributed by atoms with Crippen LogP contribution in [0.15, 0.2) is 24.3 Å². The number of carbonyl (C=O) groups is 1. The second kappa shape index (κ2) is 4.32. The zero-order valence-electron chi connectivity index (χ0n) is 12.1. The van der Waals surface area contributed by atoms with Crippen molar-refractivity contribution in [2.75, 3.05) is 6.54 Å². The molecule has 1 N–H and O–H groups in total. The minimum atomic E-state index is -0.210. The standard InChI is InChI=1S/C17H22N2O/c1-12-3-2-4-14(11-12)15-18-17(8-9-17)16(20)19(15)10-7-13-5-6-13/h2-4,11,13,15,18H,5-10H2,1H3. The minimum Gasteiger partial charge on any atom is -0.321 e. The van der Waals surface area contributed by atoms with E-state index in [9.17, 15) is 4.79 Å². The summed E-state index contributed by atoms with van der Waals surface area (Å²) in [5.41, 5.74) is 2.28. The van der Waals surface area contributed by atoms with Crippen LogP contribution in [0.1, 0.15) is 49.4 Å². The Labute approximate surface area is 120 Å². The van der Waals surface area contributed by atoms with Gasteiger partial charge < -0.3 is 4.90 Å². The molecule has 1 saturated heterocycles. The highest BCUT2D eigenvalue weighted by atomic mass is 16.2. The summed E-state index contributed by atoms with van der Waals surface area (Å²) >= 11 is 0. The fourth-order valence-corrected chi connectivity index (χ4v) is 3.34. The van der Waals surface area contributed by atoms with Crippen molar-refractivity contribution in [3.63, 3.8) is 0 Å². The van der Waals surface area contributed by atoms with Gasteiger partial charge in [0.2, 0.25) is 5.91 Å². The molecule has 4 rings (SSSR count). The largest absolute Gasteiger partial charge is 0.321 e. The fourth-order valence-electron chi connectivity index (χ4n) is 3.34. The third kappa shape index (κ3) is 2.05. The van der Waals surface area contributed by atoms with E-state index in [2.05, 4.69) is 41.4 Å². The monoisotopic (exact) mass is 270 g/mol. The van der Waals surface area contributed by atoms with Crippen LogP contribution in [0.5, 0.6) is 0 Å². The molecular weight excluding hydrogens is 248 g/mol. The summed E-state index contributed by atoms with van der Waals surface area (Å²) in [6.07, 6.45) is 5.99. The molecule has 2 aliphatic carbocycles. The van der Waals surface area contributed by atoms with Gasteiger partial charge in [-0.1, -0.05) is 42.7 Å². The van der Waals surface area contributed by atoms with Crippen molar-refractivity contribution in [3.05, 3.63) is 35.4 Å². The van der Waals surface area contributed by atoms with Crippen molar-refractivity contribution in [3.8, 4) is 0 Å². The lowest BCUT2D eigenvalue weighted by atomic mass is 10.1. The maximum atomic E-state index is 12.7. The van der Waals surface area contributed by atoms with Crippen LogP contribution in [0.25, 0.3) is 0 Å². The first-order valence-corrected chi connectivity index (χ1v) is 7.83. The summed E-state index contributed by atoms with van der Waals surface area (Å²) in [5, 5.41) is 3.61. The number of nitrogens with one attached hydrogen (secondary N) is 1. The molecule has 3 aliphatic rings. The molecule has 1 aromatic carbocycles. The number of benzene rings is 1. The van der Waals surface area contributed by atoms with E-state index in [4.69, 9.17) is 0 Å². The molecule has 1 aliphatic heterocycles. The van der Waals surface area contributed by atoms with Crippen LogP contribution in [0, 0.1) is 12.8 Å². The van der Waals surface area contributed by atoms with Crippen LogP contribution < -0.4 is 5.32 Å². The van der Waals surface area contributed by atoms with Gasteiger partial charge in [0.1, 0.15) is 11.7 Å². The molecule has 1 unspecified atom stereocenters. The Morgan fingerprint density at radius 3 is 2.80 bits per heavy atom. The molecule has 1 atom stereocenters. The molecule has 1 amide bonds. The lowest BCUT2D eigenvalue weighted by molar-refractivity contribution is -0.131. The van der Waals surface area contributed by atoms with Gasteiger partial charge in [0.15, 0.2) is 0 Å². The van der Waals surface area contributed by atoms with Gasteiger partial charge in [-0.25, -0.2) is 0 Å². The quantitative estimate of drug-likeness (QED) is 0.912. The van der Waals surface area contributed by atoms with E-state index in [1.165, 1.54) is 30.4 Å². The zero-order chi connectivity index (χ0) is 13.7. The van der Waals surface area contributed by atoms with Crippen molar-refractivity contribution in [2.24, 2.45) is 5.92 Å². The smallest absolute Gasteiger partial charge is 0.244 e. The van der Waals surface area contributed by atoms with Crippen LogP contribution in [-0.2, 0) is 4.79 Å². The van der Waals surface area contributed by atoms with Gasteiger partial charge in [-0.05, 0) is 37.7 Å². The maximum absolute atomic E-state index is 12.7.